The number of thiocarbonyl (C=S) groups is 1. The molecule has 2 N–H and O–H groups in total. The number of benzene rings is 1. The summed E-state index contributed by atoms with van der Waals surface area (Å²) in [5.41, 5.74) is 6.07. The maximum Gasteiger partial charge on any atom is 0.389 e. The number of nitrogens with two attached hydrogens (primary N) is 1. The van der Waals surface area contributed by atoms with Crippen LogP contribution in [0.2, 0.25) is 0 Å². The summed E-state index contributed by atoms with van der Waals surface area (Å²) in [6.45, 7) is -0.0394. The van der Waals surface area contributed by atoms with Crippen molar-refractivity contribution in [1.82, 2.24) is 0 Å². The van der Waals surface area contributed by atoms with Crippen molar-refractivity contribution in [2.24, 2.45) is 5.73 Å². The van der Waals surface area contributed by atoms with E-state index in [1.165, 1.54) is 7.11 Å². The number of halogens is 3. The third kappa shape index (κ3) is 5.34. The van der Waals surface area contributed by atoms with Crippen molar-refractivity contribution in [1.29, 1.82) is 0 Å². The second-order valence-electron chi connectivity index (χ2n) is 3.80. The number of hydrogen-bond acceptors (Lipinski definition) is 3. The second-order valence-corrected chi connectivity index (χ2v) is 4.24. The Balaban J connectivity index is 2.61. The Bertz CT molecular complexity index is 449. The minimum absolute atomic E-state index is 0.0394. The number of hydrogen-bond donors (Lipinski definition) is 1. The molecular weight excluding hydrogens is 279 g/mol. The summed E-state index contributed by atoms with van der Waals surface area (Å²) < 4.78 is 46.2. The zero-order valence-corrected chi connectivity index (χ0v) is 11.1. The Kier molecular flexibility index (Phi) is 5.41. The first-order chi connectivity index (χ1) is 8.83. The highest BCUT2D eigenvalue weighted by atomic mass is 32.1. The van der Waals surface area contributed by atoms with Crippen LogP contribution >= 0.6 is 12.2 Å². The summed E-state index contributed by atoms with van der Waals surface area (Å²) in [5.74, 6) is 0.752. The van der Waals surface area contributed by atoms with Gasteiger partial charge in [0.15, 0.2) is 11.5 Å². The lowest BCUT2D eigenvalue weighted by atomic mass is 10.2. The summed E-state index contributed by atoms with van der Waals surface area (Å²) in [5, 5.41) is 0. The summed E-state index contributed by atoms with van der Waals surface area (Å²) in [4.78, 5) is 0.210. The summed E-state index contributed by atoms with van der Waals surface area (Å²) >= 11 is 4.82. The molecule has 0 fully saturated rings. The van der Waals surface area contributed by atoms with Gasteiger partial charge in [0, 0.05) is 12.0 Å². The van der Waals surface area contributed by atoms with Crippen molar-refractivity contribution in [3.05, 3.63) is 23.8 Å². The normalized spacial score (nSPS) is 11.2. The third-order valence-electron chi connectivity index (χ3n) is 2.31. The van der Waals surface area contributed by atoms with Gasteiger partial charge < -0.3 is 15.2 Å². The van der Waals surface area contributed by atoms with Gasteiger partial charge in [0.1, 0.15) is 4.99 Å². The molecule has 0 aliphatic carbocycles. The zero-order chi connectivity index (χ0) is 14.5. The van der Waals surface area contributed by atoms with Crippen LogP contribution in [0.25, 0.3) is 0 Å². The minimum atomic E-state index is -4.16. The van der Waals surface area contributed by atoms with Crippen LogP contribution in [0, 0.1) is 0 Å². The fraction of sp³-hybridized carbons (Fsp3) is 0.417. The molecule has 3 nitrogen and oxygen atoms in total. The predicted octanol–water partition coefficient (Wildman–Crippen LogP) is 3.05. The topological polar surface area (TPSA) is 44.5 Å². The highest BCUT2D eigenvalue weighted by Crippen LogP contribution is 2.29. The van der Waals surface area contributed by atoms with Crippen molar-refractivity contribution in [3.8, 4) is 11.5 Å². The molecule has 1 rings (SSSR count). The second kappa shape index (κ2) is 6.60. The van der Waals surface area contributed by atoms with Gasteiger partial charge >= 0.3 is 6.18 Å². The molecule has 0 saturated heterocycles. The van der Waals surface area contributed by atoms with Gasteiger partial charge in [-0.1, -0.05) is 12.2 Å². The van der Waals surface area contributed by atoms with Crippen LogP contribution in [0.5, 0.6) is 11.5 Å². The molecule has 0 aromatic heterocycles. The fourth-order valence-corrected chi connectivity index (χ4v) is 1.52. The average Bonchev–Trinajstić information content (AvgIpc) is 2.33. The van der Waals surface area contributed by atoms with E-state index in [2.05, 4.69) is 0 Å². The quantitative estimate of drug-likeness (QED) is 0.647. The lowest BCUT2D eigenvalue weighted by molar-refractivity contribution is -0.136. The van der Waals surface area contributed by atoms with Crippen molar-refractivity contribution >= 4 is 17.2 Å². The Hall–Kier alpha value is -1.50. The van der Waals surface area contributed by atoms with E-state index in [-0.39, 0.29) is 18.0 Å². The molecule has 0 unspecified atom stereocenters. The van der Waals surface area contributed by atoms with E-state index in [0.29, 0.717) is 17.1 Å². The summed E-state index contributed by atoms with van der Waals surface area (Å²) in [6, 6.07) is 4.78. The largest absolute Gasteiger partial charge is 0.493 e. The molecule has 1 aromatic rings. The standard InChI is InChI=1S/C12H14F3NO2S/c1-17-10-7-8(11(16)19)3-4-9(10)18-6-2-5-12(13,14)15/h3-4,7H,2,5-6H2,1H3,(H2,16,19). The molecular formula is C12H14F3NO2S. The van der Waals surface area contributed by atoms with Gasteiger partial charge in [0.2, 0.25) is 0 Å². The first-order valence-corrected chi connectivity index (χ1v) is 5.91. The van der Waals surface area contributed by atoms with Crippen LogP contribution in [-0.4, -0.2) is 24.9 Å². The molecule has 0 radical (unpaired) electrons. The average molecular weight is 293 g/mol. The fourth-order valence-electron chi connectivity index (χ4n) is 1.39. The number of alkyl halides is 3. The van der Waals surface area contributed by atoms with Gasteiger partial charge in [0.25, 0.3) is 0 Å². The molecule has 0 saturated carbocycles. The van der Waals surface area contributed by atoms with Gasteiger partial charge in [-0.2, -0.15) is 13.2 Å². The monoisotopic (exact) mass is 293 g/mol. The van der Waals surface area contributed by atoms with Crippen LogP contribution < -0.4 is 15.2 Å². The highest BCUT2D eigenvalue weighted by molar-refractivity contribution is 7.80. The van der Waals surface area contributed by atoms with Gasteiger partial charge in [-0.05, 0) is 24.6 Å². The number of ether oxygens (including phenoxy) is 2. The van der Waals surface area contributed by atoms with E-state index >= 15 is 0 Å². The molecule has 106 valence electrons. The van der Waals surface area contributed by atoms with E-state index in [4.69, 9.17) is 27.4 Å². The summed E-state index contributed by atoms with van der Waals surface area (Å²) in [7, 11) is 1.43. The number of methoxy groups -OCH3 is 1. The molecule has 7 heteroatoms. The van der Waals surface area contributed by atoms with E-state index in [0.717, 1.165) is 0 Å². The molecule has 0 bridgehead atoms. The maximum atomic E-state index is 12.0. The first-order valence-electron chi connectivity index (χ1n) is 5.51. The van der Waals surface area contributed by atoms with Gasteiger partial charge in [-0.15, -0.1) is 0 Å². The van der Waals surface area contributed by atoms with Crippen LogP contribution in [0.4, 0.5) is 13.2 Å². The first kappa shape index (κ1) is 15.6. The SMILES string of the molecule is COc1cc(C(N)=S)ccc1OCCCC(F)(F)F. The van der Waals surface area contributed by atoms with Crippen LogP contribution in [-0.2, 0) is 0 Å². The lowest BCUT2D eigenvalue weighted by Gasteiger charge is -2.12. The van der Waals surface area contributed by atoms with Gasteiger partial charge in [-0.25, -0.2) is 0 Å². The molecule has 0 aliphatic rings. The van der Waals surface area contributed by atoms with Crippen LogP contribution in [0.15, 0.2) is 18.2 Å². The van der Waals surface area contributed by atoms with Crippen molar-refractivity contribution in [3.63, 3.8) is 0 Å². The Morgan fingerprint density at radius 1 is 1.32 bits per heavy atom. The van der Waals surface area contributed by atoms with Crippen molar-refractivity contribution in [2.45, 2.75) is 19.0 Å². The van der Waals surface area contributed by atoms with Crippen LogP contribution in [0.1, 0.15) is 18.4 Å². The zero-order valence-electron chi connectivity index (χ0n) is 10.3. The van der Waals surface area contributed by atoms with Gasteiger partial charge in [-0.3, -0.25) is 0 Å². The van der Waals surface area contributed by atoms with E-state index in [1.807, 2.05) is 0 Å². The predicted molar refractivity (Wildman–Crippen MR) is 69.7 cm³/mol. The van der Waals surface area contributed by atoms with E-state index < -0.39 is 12.6 Å². The Labute approximate surface area is 114 Å². The molecule has 0 atom stereocenters. The van der Waals surface area contributed by atoms with Gasteiger partial charge in [0.05, 0.1) is 13.7 Å². The van der Waals surface area contributed by atoms with Crippen molar-refractivity contribution < 1.29 is 22.6 Å². The van der Waals surface area contributed by atoms with E-state index in [9.17, 15) is 13.2 Å². The smallest absolute Gasteiger partial charge is 0.389 e. The molecule has 0 spiro atoms. The van der Waals surface area contributed by atoms with Crippen molar-refractivity contribution in [2.75, 3.05) is 13.7 Å². The Morgan fingerprint density at radius 3 is 2.53 bits per heavy atom. The molecule has 0 aliphatic heterocycles. The Morgan fingerprint density at radius 2 is 2.00 bits per heavy atom. The molecule has 0 amide bonds. The van der Waals surface area contributed by atoms with Crippen LogP contribution in [0.3, 0.4) is 0 Å². The van der Waals surface area contributed by atoms with E-state index in [1.54, 1.807) is 18.2 Å². The molecule has 1 aromatic carbocycles. The lowest BCUT2D eigenvalue weighted by Crippen LogP contribution is -2.11. The molecule has 19 heavy (non-hydrogen) atoms. The number of rotatable bonds is 6. The highest BCUT2D eigenvalue weighted by Gasteiger charge is 2.26. The third-order valence-corrected chi connectivity index (χ3v) is 2.55. The minimum Gasteiger partial charge on any atom is -0.493 e. The maximum absolute atomic E-state index is 12.0. The molecule has 0 heterocycles. The summed E-state index contributed by atoms with van der Waals surface area (Å²) in [6.07, 6.45) is -5.15.